The zero-order valence-electron chi connectivity index (χ0n) is 5.68. The van der Waals surface area contributed by atoms with E-state index in [9.17, 15) is 8.78 Å². The van der Waals surface area contributed by atoms with E-state index in [-0.39, 0.29) is 10.2 Å². The van der Waals surface area contributed by atoms with E-state index in [0.29, 0.717) is 5.82 Å². The van der Waals surface area contributed by atoms with Gasteiger partial charge in [-0.1, -0.05) is 0 Å². The number of nitrogens with zero attached hydrogens (tertiary/aromatic N) is 2. The SMILES string of the molecule is Cc1ncc(Br)c(C(F)F)n1. The average Bonchev–Trinajstić information content (AvgIpc) is 1.94. The Morgan fingerprint density at radius 3 is 2.64 bits per heavy atom. The van der Waals surface area contributed by atoms with Crippen LogP contribution < -0.4 is 0 Å². The lowest BCUT2D eigenvalue weighted by atomic mass is 10.4. The number of rotatable bonds is 1. The zero-order chi connectivity index (χ0) is 8.43. The van der Waals surface area contributed by atoms with E-state index < -0.39 is 6.43 Å². The van der Waals surface area contributed by atoms with E-state index in [2.05, 4.69) is 25.9 Å². The lowest BCUT2D eigenvalue weighted by Crippen LogP contribution is -1.96. The van der Waals surface area contributed by atoms with E-state index in [4.69, 9.17) is 0 Å². The molecule has 0 saturated carbocycles. The molecule has 0 atom stereocenters. The van der Waals surface area contributed by atoms with Gasteiger partial charge in [-0.15, -0.1) is 0 Å². The number of hydrogen-bond donors (Lipinski definition) is 0. The maximum absolute atomic E-state index is 12.1. The van der Waals surface area contributed by atoms with Crippen molar-refractivity contribution in [2.75, 3.05) is 0 Å². The Hall–Kier alpha value is -0.580. The second-order valence-corrected chi connectivity index (χ2v) is 2.81. The first kappa shape index (κ1) is 8.52. The monoisotopic (exact) mass is 222 g/mol. The van der Waals surface area contributed by atoms with Crippen molar-refractivity contribution in [2.24, 2.45) is 0 Å². The molecule has 1 rings (SSSR count). The summed E-state index contributed by atoms with van der Waals surface area (Å²) in [5, 5.41) is 0. The second-order valence-electron chi connectivity index (χ2n) is 1.95. The molecule has 2 nitrogen and oxygen atoms in total. The normalized spacial score (nSPS) is 10.6. The van der Waals surface area contributed by atoms with Gasteiger partial charge in [-0.2, -0.15) is 0 Å². The Labute approximate surface area is 70.8 Å². The number of hydrogen-bond acceptors (Lipinski definition) is 2. The molecule has 0 radical (unpaired) electrons. The fraction of sp³-hybridized carbons (Fsp3) is 0.333. The molecule has 1 aromatic heterocycles. The van der Waals surface area contributed by atoms with Crippen molar-refractivity contribution in [1.29, 1.82) is 0 Å². The van der Waals surface area contributed by atoms with Crippen LogP contribution in [0.4, 0.5) is 8.78 Å². The van der Waals surface area contributed by atoms with E-state index in [0.717, 1.165) is 0 Å². The molecule has 1 aromatic rings. The molecule has 11 heavy (non-hydrogen) atoms. The van der Waals surface area contributed by atoms with Crippen molar-refractivity contribution in [3.8, 4) is 0 Å². The van der Waals surface area contributed by atoms with Gasteiger partial charge in [0.15, 0.2) is 0 Å². The van der Waals surface area contributed by atoms with Gasteiger partial charge in [0.25, 0.3) is 6.43 Å². The summed E-state index contributed by atoms with van der Waals surface area (Å²) in [6.07, 6.45) is -1.23. The van der Waals surface area contributed by atoms with Gasteiger partial charge in [-0.05, 0) is 22.9 Å². The highest BCUT2D eigenvalue weighted by atomic mass is 79.9. The van der Waals surface area contributed by atoms with E-state index in [1.54, 1.807) is 6.92 Å². The van der Waals surface area contributed by atoms with Gasteiger partial charge >= 0.3 is 0 Å². The Bertz CT molecular complexity index is 265. The molecule has 0 aliphatic heterocycles. The molecule has 0 bridgehead atoms. The smallest absolute Gasteiger partial charge is 0.240 e. The molecule has 0 saturated heterocycles. The quantitative estimate of drug-likeness (QED) is 0.730. The molecular formula is C6H5BrF2N2. The number of aryl methyl sites for hydroxylation is 1. The number of halogens is 3. The van der Waals surface area contributed by atoms with Crippen molar-refractivity contribution in [3.63, 3.8) is 0 Å². The van der Waals surface area contributed by atoms with Crippen LogP contribution in [0.5, 0.6) is 0 Å². The van der Waals surface area contributed by atoms with Crippen molar-refractivity contribution < 1.29 is 8.78 Å². The van der Waals surface area contributed by atoms with Crippen molar-refractivity contribution >= 4 is 15.9 Å². The number of aromatic nitrogens is 2. The predicted molar refractivity (Wildman–Crippen MR) is 39.4 cm³/mol. The molecule has 1 heterocycles. The molecule has 0 amide bonds. The van der Waals surface area contributed by atoms with Crippen LogP contribution in [0.25, 0.3) is 0 Å². The van der Waals surface area contributed by atoms with E-state index >= 15 is 0 Å². The Balaban J connectivity index is 3.13. The summed E-state index contributed by atoms with van der Waals surface area (Å²) in [5.74, 6) is 0.350. The summed E-state index contributed by atoms with van der Waals surface area (Å²) in [4.78, 5) is 7.29. The third-order valence-corrected chi connectivity index (χ3v) is 1.71. The van der Waals surface area contributed by atoms with Crippen LogP contribution in [-0.4, -0.2) is 9.97 Å². The zero-order valence-corrected chi connectivity index (χ0v) is 7.27. The number of alkyl halides is 2. The highest BCUT2D eigenvalue weighted by molar-refractivity contribution is 9.10. The minimum atomic E-state index is -2.55. The molecule has 0 N–H and O–H groups in total. The van der Waals surface area contributed by atoms with Crippen LogP contribution in [0.3, 0.4) is 0 Å². The third-order valence-electron chi connectivity index (χ3n) is 1.10. The second kappa shape index (κ2) is 3.21. The van der Waals surface area contributed by atoms with Gasteiger partial charge in [0, 0.05) is 6.20 Å². The molecule has 0 aromatic carbocycles. The fourth-order valence-corrected chi connectivity index (χ4v) is 0.990. The third kappa shape index (κ3) is 1.92. The highest BCUT2D eigenvalue weighted by Crippen LogP contribution is 2.23. The molecule has 60 valence electrons. The summed E-state index contributed by atoms with van der Waals surface area (Å²) in [6.45, 7) is 1.57. The lowest BCUT2D eigenvalue weighted by molar-refractivity contribution is 0.144. The van der Waals surface area contributed by atoms with Gasteiger partial charge in [0.2, 0.25) is 0 Å². The van der Waals surface area contributed by atoms with Crippen LogP contribution >= 0.6 is 15.9 Å². The first-order valence-electron chi connectivity index (χ1n) is 2.88. The Morgan fingerprint density at radius 1 is 1.55 bits per heavy atom. The molecule has 0 unspecified atom stereocenters. The minimum Gasteiger partial charge on any atom is -0.240 e. The maximum Gasteiger partial charge on any atom is 0.281 e. The molecule has 0 fully saturated rings. The summed E-state index contributed by atoms with van der Waals surface area (Å²) in [5.41, 5.74) is -0.252. The highest BCUT2D eigenvalue weighted by Gasteiger charge is 2.13. The van der Waals surface area contributed by atoms with Crippen LogP contribution in [0.1, 0.15) is 17.9 Å². The largest absolute Gasteiger partial charge is 0.281 e. The molecule has 0 aliphatic rings. The van der Waals surface area contributed by atoms with Gasteiger partial charge < -0.3 is 0 Å². The average molecular weight is 223 g/mol. The van der Waals surface area contributed by atoms with Crippen LogP contribution in [0.2, 0.25) is 0 Å². The van der Waals surface area contributed by atoms with Gasteiger partial charge in [0.05, 0.1) is 4.47 Å². The van der Waals surface area contributed by atoms with Crippen molar-refractivity contribution in [1.82, 2.24) is 9.97 Å². The molecule has 0 aliphatic carbocycles. The van der Waals surface area contributed by atoms with Crippen LogP contribution in [0.15, 0.2) is 10.7 Å². The van der Waals surface area contributed by atoms with Gasteiger partial charge in [0.1, 0.15) is 11.5 Å². The summed E-state index contributed by atoms with van der Waals surface area (Å²) < 4.78 is 24.4. The first-order valence-corrected chi connectivity index (χ1v) is 3.67. The fourth-order valence-electron chi connectivity index (χ4n) is 0.626. The standard InChI is InChI=1S/C6H5BrF2N2/c1-3-10-2-4(7)5(11-3)6(8)9/h2,6H,1H3. The molecule has 0 spiro atoms. The van der Waals surface area contributed by atoms with Crippen molar-refractivity contribution in [3.05, 3.63) is 22.2 Å². The molecule has 5 heteroatoms. The van der Waals surface area contributed by atoms with Crippen LogP contribution in [-0.2, 0) is 0 Å². The first-order chi connectivity index (χ1) is 5.11. The predicted octanol–water partition coefficient (Wildman–Crippen LogP) is 2.49. The van der Waals surface area contributed by atoms with E-state index in [1.165, 1.54) is 6.20 Å². The van der Waals surface area contributed by atoms with E-state index in [1.807, 2.05) is 0 Å². The van der Waals surface area contributed by atoms with Gasteiger partial charge in [-0.3, -0.25) is 0 Å². The summed E-state index contributed by atoms with van der Waals surface area (Å²) in [6, 6.07) is 0. The Kier molecular flexibility index (Phi) is 2.49. The van der Waals surface area contributed by atoms with Crippen molar-refractivity contribution in [2.45, 2.75) is 13.3 Å². The van der Waals surface area contributed by atoms with Gasteiger partial charge in [-0.25, -0.2) is 18.7 Å². The molecular weight excluding hydrogens is 218 g/mol. The maximum atomic E-state index is 12.1. The minimum absolute atomic E-state index is 0.248. The topological polar surface area (TPSA) is 25.8 Å². The van der Waals surface area contributed by atoms with Crippen LogP contribution in [0, 0.1) is 6.92 Å². The Morgan fingerprint density at radius 2 is 2.18 bits per heavy atom. The summed E-state index contributed by atoms with van der Waals surface area (Å²) in [7, 11) is 0. The summed E-state index contributed by atoms with van der Waals surface area (Å²) >= 11 is 2.93. The lowest BCUT2D eigenvalue weighted by Gasteiger charge is -2.01.